The second kappa shape index (κ2) is 24.4. The molecule has 1 aromatic rings. The Morgan fingerprint density at radius 1 is 0.833 bits per heavy atom. The number of amides is 4. The summed E-state index contributed by atoms with van der Waals surface area (Å²) >= 11 is 0. The summed E-state index contributed by atoms with van der Waals surface area (Å²) in [7, 11) is -3.43. The highest BCUT2D eigenvalue weighted by molar-refractivity contribution is 8.76. The van der Waals surface area contributed by atoms with Crippen LogP contribution >= 0.6 is 29.3 Å². The fourth-order valence-electron chi connectivity index (χ4n) is 4.76. The summed E-state index contributed by atoms with van der Waals surface area (Å²) in [6.45, 7) is -2.63. The molecule has 4 amide bonds. The van der Waals surface area contributed by atoms with E-state index in [4.69, 9.17) is 30.3 Å². The molecule has 0 radical (unpaired) electrons. The number of aliphatic carboxylic acids is 4. The first-order chi connectivity index (χ1) is 28.0. The summed E-state index contributed by atoms with van der Waals surface area (Å²) in [4.78, 5) is 131. The molecule has 15 N–H and O–H groups in total. The molecule has 6 unspecified atom stereocenters. The molecule has 60 heavy (non-hydrogen) atoms. The maximum atomic E-state index is 12.9. The van der Waals surface area contributed by atoms with E-state index in [0.29, 0.717) is 0 Å². The molecule has 1 aliphatic heterocycles. The van der Waals surface area contributed by atoms with E-state index in [2.05, 4.69) is 16.0 Å². The van der Waals surface area contributed by atoms with Crippen molar-refractivity contribution in [2.24, 2.45) is 5.73 Å². The molecule has 1 fully saturated rings. The lowest BCUT2D eigenvalue weighted by molar-refractivity contribution is -0.140. The van der Waals surface area contributed by atoms with Gasteiger partial charge in [-0.3, -0.25) is 57.2 Å². The minimum Gasteiger partial charge on any atom is -0.480 e. The van der Waals surface area contributed by atoms with Crippen LogP contribution in [0.5, 0.6) is 0 Å². The lowest BCUT2D eigenvalue weighted by Gasteiger charge is -2.22. The van der Waals surface area contributed by atoms with Gasteiger partial charge in [0.15, 0.2) is 6.23 Å². The predicted molar refractivity (Wildman–Crippen MR) is 202 cm³/mol. The molecule has 28 nitrogen and oxygen atoms in total. The van der Waals surface area contributed by atoms with Gasteiger partial charge in [0.1, 0.15) is 55.6 Å². The number of aromatic amines is 1. The standard InChI is InChI=1S/C29H43N8O20PS2/c30-12(27(49)50)1-3-17(38)33-14(24(47)31-7-20(41)42)10-59-60-11-15(25(48)32-8-21(43)44)34-18(39)4-2-13(28(51)52)36-58(54,55)56-9-16-22(45)23(46)26(57-16)37-6-5-19(40)35-29(37)53/h5-6,12-16,22-23,26,45-46H,1-4,7-11,30H2,(H,31,47)(H,32,48)(H,33,38)(H,34,39)(H,41,42)(H,43,44)(H,49,50)(H,51,52)(H,35,40,53)(H2,36,54,55)/t12?,13?,14?,15?,16?,22-,23-,26-/m0/s1. The Hall–Kier alpha value is -4.91. The quantitative estimate of drug-likeness (QED) is 0.0222. The predicted octanol–water partition coefficient (Wildman–Crippen LogP) is -5.96. The summed E-state index contributed by atoms with van der Waals surface area (Å²) < 4.78 is 23.7. The lowest BCUT2D eigenvalue weighted by Crippen LogP contribution is -2.50. The van der Waals surface area contributed by atoms with Crippen molar-refractivity contribution in [3.63, 3.8) is 0 Å². The van der Waals surface area contributed by atoms with Crippen molar-refractivity contribution in [1.29, 1.82) is 0 Å². The Morgan fingerprint density at radius 2 is 1.35 bits per heavy atom. The Labute approximate surface area is 344 Å². The molecule has 2 rings (SSSR count). The number of carbonyl (C=O) groups is 8. The van der Waals surface area contributed by atoms with Crippen molar-refractivity contribution < 1.29 is 87.7 Å². The number of aliphatic hydroxyl groups excluding tert-OH is 2. The topological polar surface area (TPSA) is 455 Å². The molecular weight excluding hydrogens is 875 g/mol. The molecule has 0 aliphatic carbocycles. The maximum absolute atomic E-state index is 12.9. The zero-order valence-corrected chi connectivity index (χ0v) is 33.4. The van der Waals surface area contributed by atoms with E-state index in [1.54, 1.807) is 0 Å². The number of H-pyrrole nitrogens is 1. The van der Waals surface area contributed by atoms with Gasteiger partial charge in [0.2, 0.25) is 23.6 Å². The normalized spacial score (nSPS) is 20.3. The van der Waals surface area contributed by atoms with Crippen LogP contribution < -0.4 is 43.3 Å². The van der Waals surface area contributed by atoms with E-state index < -0.39 is 154 Å². The zero-order chi connectivity index (χ0) is 45.3. The maximum Gasteiger partial charge on any atom is 0.403 e. The molecule has 0 saturated carbocycles. The largest absolute Gasteiger partial charge is 0.480 e. The third-order valence-corrected chi connectivity index (χ3v) is 11.4. The monoisotopic (exact) mass is 918 g/mol. The molecule has 336 valence electrons. The zero-order valence-electron chi connectivity index (χ0n) is 30.9. The lowest BCUT2D eigenvalue weighted by atomic mass is 10.1. The highest BCUT2D eigenvalue weighted by atomic mass is 33.1. The number of aliphatic hydroxyl groups is 2. The van der Waals surface area contributed by atoms with Gasteiger partial charge in [-0.25, -0.2) is 14.4 Å². The number of nitrogens with two attached hydrogens (primary N) is 1. The van der Waals surface area contributed by atoms with Gasteiger partial charge in [-0.05, 0) is 12.8 Å². The fourth-order valence-corrected chi connectivity index (χ4v) is 8.15. The second-order valence-corrected chi connectivity index (χ2v) is 16.6. The van der Waals surface area contributed by atoms with E-state index in [1.807, 2.05) is 15.4 Å². The number of carboxylic acid groups (broad SMARTS) is 4. The number of carboxylic acids is 4. The van der Waals surface area contributed by atoms with Gasteiger partial charge in [0, 0.05) is 36.6 Å². The van der Waals surface area contributed by atoms with E-state index >= 15 is 0 Å². The van der Waals surface area contributed by atoms with Crippen molar-refractivity contribution in [2.45, 2.75) is 74.4 Å². The van der Waals surface area contributed by atoms with Crippen LogP contribution in [-0.2, 0) is 52.2 Å². The first-order valence-corrected chi connectivity index (χ1v) is 21.2. The smallest absolute Gasteiger partial charge is 0.403 e. The minimum atomic E-state index is -5.09. The number of rotatable bonds is 27. The van der Waals surface area contributed by atoms with Crippen molar-refractivity contribution in [2.75, 3.05) is 31.2 Å². The molecule has 31 heteroatoms. The Balaban J connectivity index is 2.02. The number of nitrogens with one attached hydrogen (secondary N) is 6. The van der Waals surface area contributed by atoms with Gasteiger partial charge < -0.3 is 67.3 Å². The van der Waals surface area contributed by atoms with Crippen LogP contribution in [0, 0.1) is 0 Å². The first kappa shape index (κ1) is 51.2. The molecule has 0 bridgehead atoms. The Bertz CT molecular complexity index is 1900. The van der Waals surface area contributed by atoms with E-state index in [9.17, 15) is 72.7 Å². The van der Waals surface area contributed by atoms with Gasteiger partial charge in [-0.1, -0.05) is 21.6 Å². The summed E-state index contributed by atoms with van der Waals surface area (Å²) in [5.74, 6) is -10.4. The number of ether oxygens (including phenoxy) is 1. The summed E-state index contributed by atoms with van der Waals surface area (Å²) in [5, 5.41) is 67.6. The molecule has 9 atom stereocenters. The van der Waals surface area contributed by atoms with Gasteiger partial charge in [-0.2, -0.15) is 0 Å². The highest BCUT2D eigenvalue weighted by Gasteiger charge is 2.45. The van der Waals surface area contributed by atoms with Crippen LogP contribution in [0.1, 0.15) is 31.9 Å². The SMILES string of the molecule is NC(CCC(=O)NC(CSSCC(NC(=O)CCC(NP(=O)(O)OCC1O[C@H](n2ccc(=O)[nH]c2=O)[C@@H](O)[C@H]1O)C(=O)O)C(=O)NCC(=O)O)C(=O)NCC(=O)O)C(=O)O. The van der Waals surface area contributed by atoms with E-state index in [-0.39, 0.29) is 17.9 Å². The minimum absolute atomic E-state index is 0.276. The van der Waals surface area contributed by atoms with Gasteiger partial charge in [-0.15, -0.1) is 0 Å². The number of nitrogens with zero attached hydrogens (tertiary/aromatic N) is 1. The molecule has 1 saturated heterocycles. The van der Waals surface area contributed by atoms with Crippen LogP contribution in [0.25, 0.3) is 0 Å². The molecule has 1 aliphatic rings. The van der Waals surface area contributed by atoms with Crippen LogP contribution in [0.3, 0.4) is 0 Å². The van der Waals surface area contributed by atoms with Crippen molar-refractivity contribution >= 4 is 76.8 Å². The number of hydrogen-bond acceptors (Lipinski definition) is 18. The third kappa shape index (κ3) is 17.7. The van der Waals surface area contributed by atoms with Crippen molar-refractivity contribution in [1.82, 2.24) is 35.9 Å². The number of hydrogen-bond donors (Lipinski definition) is 14. The summed E-state index contributed by atoms with van der Waals surface area (Å²) in [6.07, 6.45) is -7.86. The van der Waals surface area contributed by atoms with Gasteiger partial charge in [0.05, 0.1) is 6.61 Å². The Morgan fingerprint density at radius 3 is 1.82 bits per heavy atom. The molecule has 0 aromatic carbocycles. The van der Waals surface area contributed by atoms with Gasteiger partial charge in [0.25, 0.3) is 5.56 Å². The van der Waals surface area contributed by atoms with Gasteiger partial charge >= 0.3 is 37.3 Å². The van der Waals surface area contributed by atoms with Crippen LogP contribution in [0.4, 0.5) is 0 Å². The average Bonchev–Trinajstić information content (AvgIpc) is 3.44. The first-order valence-electron chi connectivity index (χ1n) is 17.1. The second-order valence-electron chi connectivity index (χ2n) is 12.5. The van der Waals surface area contributed by atoms with E-state index in [1.165, 1.54) is 0 Å². The molecule has 2 heterocycles. The highest BCUT2D eigenvalue weighted by Crippen LogP contribution is 2.40. The molecular formula is C29H43N8O20PS2. The number of carbonyl (C=O) groups excluding carboxylic acids is 4. The van der Waals surface area contributed by atoms with E-state index in [0.717, 1.165) is 38.4 Å². The van der Waals surface area contributed by atoms with Crippen LogP contribution in [0.2, 0.25) is 0 Å². The van der Waals surface area contributed by atoms with Crippen LogP contribution in [0.15, 0.2) is 21.9 Å². The van der Waals surface area contributed by atoms with Crippen molar-refractivity contribution in [3.8, 4) is 0 Å². The van der Waals surface area contributed by atoms with Crippen LogP contribution in [-0.4, -0.2) is 166 Å². The van der Waals surface area contributed by atoms with Crippen molar-refractivity contribution in [3.05, 3.63) is 33.1 Å². The average molecular weight is 919 g/mol. The summed E-state index contributed by atoms with van der Waals surface area (Å²) in [6, 6.07) is -5.31. The molecule has 0 spiro atoms. The third-order valence-electron chi connectivity index (χ3n) is 7.84. The Kier molecular flexibility index (Phi) is 20.8. The molecule has 1 aromatic heterocycles. The number of aromatic nitrogens is 2. The fraction of sp³-hybridized carbons (Fsp3) is 0.586. The summed E-state index contributed by atoms with van der Waals surface area (Å²) in [5.41, 5.74) is 3.60.